The minimum absolute atomic E-state index is 0.0873. The van der Waals surface area contributed by atoms with Gasteiger partial charge in [-0.25, -0.2) is 4.79 Å². The van der Waals surface area contributed by atoms with E-state index in [-0.39, 0.29) is 16.9 Å². The molecule has 0 radical (unpaired) electrons. The van der Waals surface area contributed by atoms with Crippen LogP contribution in [0, 0.1) is 13.8 Å². The van der Waals surface area contributed by atoms with Gasteiger partial charge >= 0.3 is 5.97 Å². The number of hydrogen-bond acceptors (Lipinski definition) is 5. The molecule has 1 unspecified atom stereocenters. The molecule has 5 nitrogen and oxygen atoms in total. The average molecular weight is 364 g/mol. The number of benzene rings is 2. The quantitative estimate of drug-likeness (QED) is 0.653. The highest BCUT2D eigenvalue weighted by molar-refractivity contribution is 5.85. The minimum Gasteiger partial charge on any atom is -0.452 e. The van der Waals surface area contributed by atoms with E-state index in [1.807, 2.05) is 44.2 Å². The molecule has 1 fully saturated rings. The van der Waals surface area contributed by atoms with Gasteiger partial charge in [-0.2, -0.15) is 0 Å². The summed E-state index contributed by atoms with van der Waals surface area (Å²) >= 11 is 0. The van der Waals surface area contributed by atoms with Gasteiger partial charge in [-0.15, -0.1) is 0 Å². The van der Waals surface area contributed by atoms with Crippen LogP contribution in [0.2, 0.25) is 0 Å². The minimum atomic E-state index is -0.635. The third-order valence-electron chi connectivity index (χ3n) is 4.72. The summed E-state index contributed by atoms with van der Waals surface area (Å²) in [6, 6.07) is 12.9. The molecule has 1 saturated heterocycles. The molecule has 0 aliphatic carbocycles. The van der Waals surface area contributed by atoms with Crippen LogP contribution in [-0.4, -0.2) is 18.7 Å². The molecule has 0 saturated carbocycles. The SMILES string of the molecule is Cc1ccc(-c2oc3cc(C)ccc3c(=O)c2OC(=O)C2CCCO2)cc1. The van der Waals surface area contributed by atoms with Crippen LogP contribution in [0.25, 0.3) is 22.3 Å². The van der Waals surface area contributed by atoms with Crippen LogP contribution in [0.3, 0.4) is 0 Å². The van der Waals surface area contributed by atoms with Crippen LogP contribution in [0.15, 0.2) is 51.7 Å². The Bertz CT molecular complexity index is 1060. The van der Waals surface area contributed by atoms with Gasteiger partial charge < -0.3 is 13.9 Å². The van der Waals surface area contributed by atoms with Crippen molar-refractivity contribution in [2.45, 2.75) is 32.8 Å². The van der Waals surface area contributed by atoms with Crippen molar-refractivity contribution in [3.05, 3.63) is 63.8 Å². The highest BCUT2D eigenvalue weighted by Crippen LogP contribution is 2.32. The van der Waals surface area contributed by atoms with E-state index in [4.69, 9.17) is 13.9 Å². The van der Waals surface area contributed by atoms with E-state index in [9.17, 15) is 9.59 Å². The van der Waals surface area contributed by atoms with Crippen molar-refractivity contribution >= 4 is 16.9 Å². The van der Waals surface area contributed by atoms with Crippen LogP contribution in [-0.2, 0) is 9.53 Å². The van der Waals surface area contributed by atoms with Crippen LogP contribution in [0.1, 0.15) is 24.0 Å². The van der Waals surface area contributed by atoms with Gasteiger partial charge in [0, 0.05) is 12.2 Å². The molecule has 1 aliphatic rings. The van der Waals surface area contributed by atoms with Gasteiger partial charge in [-0.1, -0.05) is 35.9 Å². The number of carbonyl (C=O) groups is 1. The van der Waals surface area contributed by atoms with Gasteiger partial charge in [0.15, 0.2) is 11.9 Å². The highest BCUT2D eigenvalue weighted by atomic mass is 16.6. The van der Waals surface area contributed by atoms with Crippen LogP contribution in [0.4, 0.5) is 0 Å². The molecule has 5 heteroatoms. The maximum Gasteiger partial charge on any atom is 0.340 e. The van der Waals surface area contributed by atoms with Crippen LogP contribution in [0.5, 0.6) is 5.75 Å². The smallest absolute Gasteiger partial charge is 0.340 e. The van der Waals surface area contributed by atoms with Crippen molar-refractivity contribution in [2.24, 2.45) is 0 Å². The summed E-state index contributed by atoms with van der Waals surface area (Å²) in [6.07, 6.45) is 0.761. The van der Waals surface area contributed by atoms with E-state index in [0.717, 1.165) is 17.5 Å². The van der Waals surface area contributed by atoms with Crippen molar-refractivity contribution in [3.8, 4) is 17.1 Å². The Balaban J connectivity index is 1.88. The molecular formula is C22H20O5. The maximum absolute atomic E-state index is 13.1. The van der Waals surface area contributed by atoms with Crippen molar-refractivity contribution in [2.75, 3.05) is 6.61 Å². The van der Waals surface area contributed by atoms with E-state index < -0.39 is 12.1 Å². The Hall–Kier alpha value is -2.92. The zero-order valence-electron chi connectivity index (χ0n) is 15.3. The average Bonchev–Trinajstić information content (AvgIpc) is 3.19. The molecule has 0 N–H and O–H groups in total. The Labute approximate surface area is 156 Å². The number of rotatable bonds is 3. The van der Waals surface area contributed by atoms with Gasteiger partial charge in [-0.3, -0.25) is 4.79 Å². The number of fused-ring (bicyclic) bond motifs is 1. The van der Waals surface area contributed by atoms with E-state index >= 15 is 0 Å². The molecule has 0 amide bonds. The summed E-state index contributed by atoms with van der Waals surface area (Å²) in [5.41, 5.74) is 2.84. The highest BCUT2D eigenvalue weighted by Gasteiger charge is 2.28. The third-order valence-corrected chi connectivity index (χ3v) is 4.72. The molecule has 1 aliphatic heterocycles. The number of ether oxygens (including phenoxy) is 2. The normalized spacial score (nSPS) is 16.6. The Kier molecular flexibility index (Phi) is 4.54. The lowest BCUT2D eigenvalue weighted by Gasteiger charge is -2.13. The van der Waals surface area contributed by atoms with Crippen molar-refractivity contribution in [1.29, 1.82) is 0 Å². The second-order valence-electron chi connectivity index (χ2n) is 6.88. The van der Waals surface area contributed by atoms with Gasteiger partial charge in [0.2, 0.25) is 11.2 Å². The van der Waals surface area contributed by atoms with Gasteiger partial charge in [-0.05, 0) is 44.4 Å². The molecule has 2 heterocycles. The standard InChI is InChI=1S/C22H20O5/c1-13-5-8-15(9-6-13)20-21(27-22(24)17-4-3-11-25-17)19(23)16-10-7-14(2)12-18(16)26-20/h5-10,12,17H,3-4,11H2,1-2H3. The molecular weight excluding hydrogens is 344 g/mol. The lowest BCUT2D eigenvalue weighted by molar-refractivity contribution is -0.144. The summed E-state index contributed by atoms with van der Waals surface area (Å²) in [5, 5.41) is 0.381. The van der Waals surface area contributed by atoms with Crippen molar-refractivity contribution < 1.29 is 18.7 Å². The topological polar surface area (TPSA) is 65.7 Å². The summed E-state index contributed by atoms with van der Waals surface area (Å²) in [5.74, 6) is -0.389. The third kappa shape index (κ3) is 3.38. The Morgan fingerprint density at radius 3 is 2.52 bits per heavy atom. The first-order chi connectivity index (χ1) is 13.0. The fourth-order valence-corrected chi connectivity index (χ4v) is 3.20. The number of aryl methyl sites for hydroxylation is 2. The fourth-order valence-electron chi connectivity index (χ4n) is 3.20. The van der Waals surface area contributed by atoms with E-state index in [2.05, 4.69) is 0 Å². The summed E-state index contributed by atoms with van der Waals surface area (Å²) in [4.78, 5) is 25.5. The number of hydrogen-bond donors (Lipinski definition) is 0. The zero-order valence-corrected chi connectivity index (χ0v) is 15.3. The van der Waals surface area contributed by atoms with Gasteiger partial charge in [0.25, 0.3) is 0 Å². The number of esters is 1. The molecule has 27 heavy (non-hydrogen) atoms. The second-order valence-corrected chi connectivity index (χ2v) is 6.88. The predicted octanol–water partition coefficient (Wildman–Crippen LogP) is 4.16. The van der Waals surface area contributed by atoms with Crippen LogP contribution < -0.4 is 10.2 Å². The Morgan fingerprint density at radius 2 is 1.81 bits per heavy atom. The van der Waals surface area contributed by atoms with Crippen molar-refractivity contribution in [1.82, 2.24) is 0 Å². The van der Waals surface area contributed by atoms with E-state index in [0.29, 0.717) is 29.6 Å². The lowest BCUT2D eigenvalue weighted by Crippen LogP contribution is -2.27. The van der Waals surface area contributed by atoms with Crippen LogP contribution >= 0.6 is 0 Å². The number of carbonyl (C=O) groups excluding carboxylic acids is 1. The molecule has 1 aromatic heterocycles. The van der Waals surface area contributed by atoms with Crippen molar-refractivity contribution in [3.63, 3.8) is 0 Å². The Morgan fingerprint density at radius 1 is 1.07 bits per heavy atom. The molecule has 4 rings (SSSR count). The first-order valence-corrected chi connectivity index (χ1v) is 9.01. The van der Waals surface area contributed by atoms with Gasteiger partial charge in [0.1, 0.15) is 5.58 Å². The zero-order chi connectivity index (χ0) is 19.0. The van der Waals surface area contributed by atoms with E-state index in [1.165, 1.54) is 0 Å². The van der Waals surface area contributed by atoms with E-state index in [1.54, 1.807) is 12.1 Å². The molecule has 3 aromatic rings. The molecule has 2 aromatic carbocycles. The summed E-state index contributed by atoms with van der Waals surface area (Å²) in [6.45, 7) is 4.43. The molecule has 138 valence electrons. The predicted molar refractivity (Wildman–Crippen MR) is 102 cm³/mol. The summed E-state index contributed by atoms with van der Waals surface area (Å²) < 4.78 is 16.9. The largest absolute Gasteiger partial charge is 0.452 e. The first-order valence-electron chi connectivity index (χ1n) is 9.01. The molecule has 0 spiro atoms. The van der Waals surface area contributed by atoms with Gasteiger partial charge in [0.05, 0.1) is 5.39 Å². The monoisotopic (exact) mass is 364 g/mol. The molecule has 0 bridgehead atoms. The maximum atomic E-state index is 13.1. The fraction of sp³-hybridized carbons (Fsp3) is 0.273. The summed E-state index contributed by atoms with van der Waals surface area (Å²) in [7, 11) is 0. The molecule has 1 atom stereocenters. The lowest BCUT2D eigenvalue weighted by atomic mass is 10.1. The second kappa shape index (κ2) is 7.00. The first kappa shape index (κ1) is 17.5.